The number of nitrogens with zero attached hydrogens (tertiary/aromatic N) is 1. The van der Waals surface area contributed by atoms with Crippen LogP contribution in [0.15, 0.2) is 46.9 Å². The number of nitrogen functional groups attached to an aromatic ring is 1. The maximum absolute atomic E-state index is 10.9. The van der Waals surface area contributed by atoms with Crippen molar-refractivity contribution in [2.45, 2.75) is 6.61 Å². The third-order valence-electron chi connectivity index (χ3n) is 2.66. The first kappa shape index (κ1) is 14.3. The van der Waals surface area contributed by atoms with Crippen molar-refractivity contribution in [3.05, 3.63) is 62.6 Å². The van der Waals surface area contributed by atoms with Crippen LogP contribution in [0.25, 0.3) is 0 Å². The predicted molar refractivity (Wildman–Crippen MR) is 79.4 cm³/mol. The molecule has 0 aliphatic carbocycles. The molecule has 2 aromatic carbocycles. The fraction of sp³-hybridized carbons (Fsp3) is 0.0769. The van der Waals surface area contributed by atoms with E-state index in [1.807, 2.05) is 18.2 Å². The summed E-state index contributed by atoms with van der Waals surface area (Å²) in [5, 5.41) is 10.9. The number of halogens is 1. The minimum Gasteiger partial charge on any atom is -0.489 e. The standard InChI is InChI=1S/C13H12BrN3O3/c14-10-4-2-5-11(7-10)20-8-9-3-1-6-12(17(18)19)13(9)16-15/h1-7,16H,8,15H2. The second kappa shape index (κ2) is 6.36. The van der Waals surface area contributed by atoms with Gasteiger partial charge in [-0.25, -0.2) is 0 Å². The molecule has 2 rings (SSSR count). The van der Waals surface area contributed by atoms with Gasteiger partial charge in [0, 0.05) is 16.1 Å². The highest BCUT2D eigenvalue weighted by Gasteiger charge is 2.16. The molecular weight excluding hydrogens is 326 g/mol. The topological polar surface area (TPSA) is 90.4 Å². The number of rotatable bonds is 5. The van der Waals surface area contributed by atoms with Crippen LogP contribution in [0.2, 0.25) is 0 Å². The van der Waals surface area contributed by atoms with Crippen molar-refractivity contribution in [1.82, 2.24) is 0 Å². The number of benzene rings is 2. The number of nitrogens with one attached hydrogen (secondary N) is 1. The van der Waals surface area contributed by atoms with E-state index < -0.39 is 4.92 Å². The van der Waals surface area contributed by atoms with Gasteiger partial charge in [0.25, 0.3) is 5.69 Å². The molecular formula is C13H12BrN3O3. The van der Waals surface area contributed by atoms with E-state index >= 15 is 0 Å². The number of nitro groups is 1. The third-order valence-corrected chi connectivity index (χ3v) is 3.15. The Labute approximate surface area is 123 Å². The molecule has 3 N–H and O–H groups in total. The van der Waals surface area contributed by atoms with Gasteiger partial charge in [0.15, 0.2) is 0 Å². The summed E-state index contributed by atoms with van der Waals surface area (Å²) in [6.45, 7) is 0.178. The van der Waals surface area contributed by atoms with Crippen molar-refractivity contribution in [2.24, 2.45) is 5.84 Å². The van der Waals surface area contributed by atoms with Gasteiger partial charge in [-0.2, -0.15) is 0 Å². The zero-order chi connectivity index (χ0) is 14.5. The smallest absolute Gasteiger partial charge is 0.294 e. The number of nitro benzene ring substituents is 1. The van der Waals surface area contributed by atoms with Gasteiger partial charge in [-0.3, -0.25) is 16.0 Å². The molecule has 0 unspecified atom stereocenters. The number of hydrogen-bond acceptors (Lipinski definition) is 5. The van der Waals surface area contributed by atoms with Crippen LogP contribution in [0, 0.1) is 10.1 Å². The normalized spacial score (nSPS) is 10.1. The molecule has 0 fully saturated rings. The summed E-state index contributed by atoms with van der Waals surface area (Å²) >= 11 is 3.35. The van der Waals surface area contributed by atoms with E-state index in [1.165, 1.54) is 6.07 Å². The molecule has 20 heavy (non-hydrogen) atoms. The Morgan fingerprint density at radius 1 is 1.30 bits per heavy atom. The van der Waals surface area contributed by atoms with Crippen molar-refractivity contribution in [1.29, 1.82) is 0 Å². The van der Waals surface area contributed by atoms with Crippen LogP contribution in [0.4, 0.5) is 11.4 Å². The molecule has 0 saturated carbocycles. The molecule has 0 aromatic heterocycles. The fourth-order valence-corrected chi connectivity index (χ4v) is 2.12. The summed E-state index contributed by atoms with van der Waals surface area (Å²) in [6.07, 6.45) is 0. The highest BCUT2D eigenvalue weighted by atomic mass is 79.9. The zero-order valence-electron chi connectivity index (χ0n) is 10.4. The SMILES string of the molecule is NNc1c(COc2cccc(Br)c2)cccc1[N+](=O)[O-]. The van der Waals surface area contributed by atoms with E-state index in [1.54, 1.807) is 18.2 Å². The van der Waals surface area contributed by atoms with Gasteiger partial charge >= 0.3 is 0 Å². The van der Waals surface area contributed by atoms with E-state index in [2.05, 4.69) is 21.4 Å². The molecule has 0 atom stereocenters. The second-order valence-electron chi connectivity index (χ2n) is 3.96. The van der Waals surface area contributed by atoms with E-state index in [-0.39, 0.29) is 18.0 Å². The minimum absolute atomic E-state index is 0.0807. The van der Waals surface area contributed by atoms with Crippen molar-refractivity contribution in [3.8, 4) is 5.75 Å². The Kier molecular flexibility index (Phi) is 4.54. The maximum atomic E-state index is 10.9. The van der Waals surface area contributed by atoms with Crippen molar-refractivity contribution < 1.29 is 9.66 Å². The summed E-state index contributed by atoms with van der Waals surface area (Å²) in [7, 11) is 0. The van der Waals surface area contributed by atoms with Crippen LogP contribution >= 0.6 is 15.9 Å². The predicted octanol–water partition coefficient (Wildman–Crippen LogP) is 3.22. The van der Waals surface area contributed by atoms with Crippen molar-refractivity contribution >= 4 is 27.3 Å². The van der Waals surface area contributed by atoms with Gasteiger partial charge in [-0.1, -0.05) is 34.1 Å². The highest BCUT2D eigenvalue weighted by Crippen LogP contribution is 2.28. The number of ether oxygens (including phenoxy) is 1. The van der Waals surface area contributed by atoms with Crippen LogP contribution in [-0.2, 0) is 6.61 Å². The molecule has 7 heteroatoms. The summed E-state index contributed by atoms with van der Waals surface area (Å²) in [6, 6.07) is 12.0. The Bertz CT molecular complexity index is 634. The summed E-state index contributed by atoms with van der Waals surface area (Å²) in [5.41, 5.74) is 3.15. The van der Waals surface area contributed by atoms with E-state index in [9.17, 15) is 10.1 Å². The first-order valence-electron chi connectivity index (χ1n) is 5.73. The molecule has 6 nitrogen and oxygen atoms in total. The molecule has 0 radical (unpaired) electrons. The van der Waals surface area contributed by atoms with E-state index in [0.717, 1.165) is 4.47 Å². The molecule has 0 saturated heterocycles. The molecule has 0 spiro atoms. The summed E-state index contributed by atoms with van der Waals surface area (Å²) < 4.78 is 6.50. The summed E-state index contributed by atoms with van der Waals surface area (Å²) in [5.74, 6) is 6.03. The van der Waals surface area contributed by atoms with E-state index in [4.69, 9.17) is 10.6 Å². The molecule has 0 aliphatic rings. The average molecular weight is 338 g/mol. The average Bonchev–Trinajstić information content (AvgIpc) is 2.44. The Balaban J connectivity index is 2.21. The van der Waals surface area contributed by atoms with Gasteiger partial charge in [-0.05, 0) is 18.2 Å². The van der Waals surface area contributed by atoms with Gasteiger partial charge in [0.1, 0.15) is 18.0 Å². The molecule has 0 amide bonds. The summed E-state index contributed by atoms with van der Waals surface area (Å²) in [4.78, 5) is 10.4. The first-order valence-corrected chi connectivity index (χ1v) is 6.52. The molecule has 2 aromatic rings. The van der Waals surface area contributed by atoms with Gasteiger partial charge in [0.2, 0.25) is 0 Å². The van der Waals surface area contributed by atoms with Crippen LogP contribution < -0.4 is 16.0 Å². The fourth-order valence-electron chi connectivity index (χ4n) is 1.74. The maximum Gasteiger partial charge on any atom is 0.294 e. The van der Waals surface area contributed by atoms with Crippen LogP contribution in [-0.4, -0.2) is 4.92 Å². The van der Waals surface area contributed by atoms with Crippen molar-refractivity contribution in [2.75, 3.05) is 5.43 Å². The number of anilines is 1. The second-order valence-corrected chi connectivity index (χ2v) is 4.87. The number of hydrazine groups is 1. The number of hydrogen-bond donors (Lipinski definition) is 2. The van der Waals surface area contributed by atoms with Gasteiger partial charge in [0.05, 0.1) is 4.92 Å². The lowest BCUT2D eigenvalue weighted by Gasteiger charge is -2.11. The zero-order valence-corrected chi connectivity index (χ0v) is 12.0. The monoisotopic (exact) mass is 337 g/mol. The molecule has 104 valence electrons. The third kappa shape index (κ3) is 3.25. The lowest BCUT2D eigenvalue weighted by Crippen LogP contribution is -2.12. The quantitative estimate of drug-likeness (QED) is 0.496. The van der Waals surface area contributed by atoms with Crippen LogP contribution in [0.1, 0.15) is 5.56 Å². The minimum atomic E-state index is -0.488. The van der Waals surface area contributed by atoms with Gasteiger partial charge < -0.3 is 10.2 Å². The van der Waals surface area contributed by atoms with E-state index in [0.29, 0.717) is 11.3 Å². The Hall–Kier alpha value is -2.12. The number of nitrogens with two attached hydrogens (primary N) is 1. The lowest BCUT2D eigenvalue weighted by atomic mass is 10.1. The molecule has 0 aliphatic heterocycles. The Morgan fingerprint density at radius 2 is 2.05 bits per heavy atom. The lowest BCUT2D eigenvalue weighted by molar-refractivity contribution is -0.384. The van der Waals surface area contributed by atoms with Crippen LogP contribution in [0.5, 0.6) is 5.75 Å². The highest BCUT2D eigenvalue weighted by molar-refractivity contribution is 9.10. The number of para-hydroxylation sites is 1. The molecule has 0 heterocycles. The first-order chi connectivity index (χ1) is 9.61. The molecule has 0 bridgehead atoms. The Morgan fingerprint density at radius 3 is 2.70 bits per heavy atom. The van der Waals surface area contributed by atoms with Crippen LogP contribution in [0.3, 0.4) is 0 Å². The van der Waals surface area contributed by atoms with Gasteiger partial charge in [-0.15, -0.1) is 0 Å². The van der Waals surface area contributed by atoms with Crippen molar-refractivity contribution in [3.63, 3.8) is 0 Å². The largest absolute Gasteiger partial charge is 0.489 e.